The second-order valence-corrected chi connectivity index (χ2v) is 13.3. The molecule has 52 heavy (non-hydrogen) atoms. The maximum Gasteiger partial charge on any atom is 0.0316 e. The molecule has 4 heteroatoms. The van der Waals surface area contributed by atoms with Crippen LogP contribution in [0.25, 0.3) is 5.32 Å². The van der Waals surface area contributed by atoms with Crippen molar-refractivity contribution in [3.63, 3.8) is 0 Å². The van der Waals surface area contributed by atoms with Gasteiger partial charge in [-0.15, -0.1) is 12.6 Å². The van der Waals surface area contributed by atoms with Crippen molar-refractivity contribution in [1.82, 2.24) is 4.90 Å². The molecule has 0 spiro atoms. The van der Waals surface area contributed by atoms with Gasteiger partial charge in [0.05, 0.1) is 0 Å². The van der Waals surface area contributed by atoms with Crippen LogP contribution in [-0.4, -0.2) is 31.1 Å². The molecule has 2 nitrogen and oxygen atoms in total. The molecule has 0 amide bonds. The normalized spacial score (nSPS) is 11.9. The Morgan fingerprint density at radius 3 is 1.15 bits per heavy atom. The van der Waals surface area contributed by atoms with Crippen LogP contribution in [0.4, 0.5) is 0 Å². The molecule has 0 saturated heterocycles. The van der Waals surface area contributed by atoms with Gasteiger partial charge in [-0.1, -0.05) is 195 Å². The summed E-state index contributed by atoms with van der Waals surface area (Å²) < 4.78 is 0. The van der Waals surface area contributed by atoms with Gasteiger partial charge in [0.1, 0.15) is 0 Å². The van der Waals surface area contributed by atoms with Gasteiger partial charge in [0.2, 0.25) is 0 Å². The van der Waals surface area contributed by atoms with Crippen molar-refractivity contribution in [1.29, 1.82) is 0 Å². The third kappa shape index (κ3) is 13.8. The summed E-state index contributed by atoms with van der Waals surface area (Å²) in [6, 6.07) is 65.5. The Labute approximate surface area is 337 Å². The Balaban J connectivity index is 0.000000270. The monoisotopic (exact) mass is 759 g/mol. The van der Waals surface area contributed by atoms with E-state index in [4.69, 9.17) is 5.32 Å². The van der Waals surface area contributed by atoms with Gasteiger partial charge >= 0.3 is 0 Å². The van der Waals surface area contributed by atoms with E-state index in [0.29, 0.717) is 23.9 Å². The van der Waals surface area contributed by atoms with E-state index in [1.165, 1.54) is 33.4 Å². The maximum absolute atomic E-state index is 4.91. The zero-order chi connectivity index (χ0) is 34.8. The average Bonchev–Trinajstić information content (AvgIpc) is 3.19. The summed E-state index contributed by atoms with van der Waals surface area (Å²) >= 11 is 0. The van der Waals surface area contributed by atoms with Crippen LogP contribution < -0.4 is 0 Å². The molecule has 266 valence electrons. The molecule has 2 unspecified atom stereocenters. The van der Waals surface area contributed by atoms with Crippen molar-refractivity contribution in [2.45, 2.75) is 57.0 Å². The third-order valence-corrected chi connectivity index (χ3v) is 9.75. The largest absolute Gasteiger partial charge is 0.659 e. The first-order valence-electron chi connectivity index (χ1n) is 18.2. The smallest absolute Gasteiger partial charge is 0.0316 e. The Bertz CT molecular complexity index is 1660. The molecule has 6 aromatic rings. The molecule has 0 N–H and O–H groups in total. The van der Waals surface area contributed by atoms with Crippen LogP contribution in [0.2, 0.25) is 0 Å². The second kappa shape index (κ2) is 23.9. The van der Waals surface area contributed by atoms with E-state index < -0.39 is 0 Å². The van der Waals surface area contributed by atoms with Crippen molar-refractivity contribution in [3.05, 3.63) is 221 Å². The summed E-state index contributed by atoms with van der Waals surface area (Å²) in [5, 5.41) is 4.91. The van der Waals surface area contributed by atoms with Gasteiger partial charge in [0.25, 0.3) is 0 Å². The minimum Gasteiger partial charge on any atom is -0.659 e. The molecular weight excluding hydrogens is 706 g/mol. The molecule has 0 aliphatic carbocycles. The first kappa shape index (κ1) is 42.8. The van der Waals surface area contributed by atoms with Gasteiger partial charge in [0, 0.05) is 55.0 Å². The van der Waals surface area contributed by atoms with Crippen molar-refractivity contribution in [2.24, 2.45) is 0 Å². The first-order valence-corrected chi connectivity index (χ1v) is 18.2. The molecular formula is C48H53N2V2-. The fourth-order valence-electron chi connectivity index (χ4n) is 6.75. The fourth-order valence-corrected chi connectivity index (χ4v) is 6.75. The molecule has 6 aromatic carbocycles. The maximum atomic E-state index is 4.91. The average molecular weight is 760 g/mol. The SMILES string of the molecule is CC(Cc1ccccc1)[N-]CCC(c1ccccc1)c1ccccc1.CC(c1ccccc1)N(C)CCC(c1ccccc1)c1ccccc1.[V].[V]. The van der Waals surface area contributed by atoms with Crippen molar-refractivity contribution in [2.75, 3.05) is 20.1 Å². The molecule has 0 saturated carbocycles. The van der Waals surface area contributed by atoms with Crippen molar-refractivity contribution >= 4 is 0 Å². The van der Waals surface area contributed by atoms with E-state index >= 15 is 0 Å². The van der Waals surface area contributed by atoms with Crippen LogP contribution >= 0.6 is 0 Å². The van der Waals surface area contributed by atoms with Gasteiger partial charge in [-0.2, -0.15) is 0 Å². The summed E-state index contributed by atoms with van der Waals surface area (Å²) in [5.41, 5.74) is 8.28. The third-order valence-electron chi connectivity index (χ3n) is 9.75. The Morgan fingerprint density at radius 2 is 0.769 bits per heavy atom. The van der Waals surface area contributed by atoms with Crippen LogP contribution in [0, 0.1) is 0 Å². The minimum absolute atomic E-state index is 0. The number of hydrogen-bond acceptors (Lipinski definition) is 1. The van der Waals surface area contributed by atoms with Crippen LogP contribution in [0.15, 0.2) is 182 Å². The van der Waals surface area contributed by atoms with E-state index in [9.17, 15) is 0 Å². The van der Waals surface area contributed by atoms with Crippen molar-refractivity contribution in [3.8, 4) is 0 Å². The topological polar surface area (TPSA) is 17.3 Å². The van der Waals surface area contributed by atoms with E-state index in [2.05, 4.69) is 208 Å². The summed E-state index contributed by atoms with van der Waals surface area (Å²) in [6.07, 6.45) is 3.18. The predicted molar refractivity (Wildman–Crippen MR) is 214 cm³/mol. The van der Waals surface area contributed by atoms with Gasteiger partial charge < -0.3 is 5.32 Å². The van der Waals surface area contributed by atoms with Gasteiger partial charge in [-0.25, -0.2) is 0 Å². The number of hydrogen-bond donors (Lipinski definition) is 0. The summed E-state index contributed by atoms with van der Waals surface area (Å²) in [4.78, 5) is 2.45. The minimum atomic E-state index is 0. The molecule has 0 aliphatic rings. The molecule has 6 rings (SSSR count). The molecule has 2 atom stereocenters. The first-order chi connectivity index (χ1) is 24.6. The summed E-state index contributed by atoms with van der Waals surface area (Å²) in [7, 11) is 2.23. The van der Waals surface area contributed by atoms with Crippen LogP contribution in [0.3, 0.4) is 0 Å². The Hall–Kier alpha value is -3.59. The molecule has 2 radical (unpaired) electrons. The summed E-state index contributed by atoms with van der Waals surface area (Å²) in [5.74, 6) is 0.850. The van der Waals surface area contributed by atoms with Gasteiger partial charge in [0.15, 0.2) is 0 Å². The zero-order valence-corrected chi connectivity index (χ0v) is 33.7. The fraction of sp³-hybridized carbons (Fsp3) is 0.250. The quantitative estimate of drug-likeness (QED) is 0.102. The van der Waals surface area contributed by atoms with Crippen LogP contribution in [-0.2, 0) is 43.5 Å². The molecule has 0 fully saturated rings. The molecule has 0 heterocycles. The predicted octanol–water partition coefficient (Wildman–Crippen LogP) is 12.1. The Kier molecular flexibility index (Phi) is 19.7. The van der Waals surface area contributed by atoms with Crippen LogP contribution in [0.1, 0.15) is 77.9 Å². The van der Waals surface area contributed by atoms with Crippen molar-refractivity contribution < 1.29 is 37.1 Å². The van der Waals surface area contributed by atoms with Crippen LogP contribution in [0.5, 0.6) is 0 Å². The standard InChI is InChI=1S/C24H27N.C24H26N.2V/c1-20(21-12-6-3-7-13-21)25(2)19-18-24(22-14-8-4-9-15-22)23-16-10-5-11-17-23;1-20(19-21-11-5-2-6-12-21)25-18-17-24(22-13-7-3-8-14-22)23-15-9-4-10-16-23;;/h3-17,20,24H,18-19H2,1-2H3;2-16,20,24H,17-19H2,1H3;;/q;-1;;. The number of benzene rings is 6. The number of rotatable bonds is 15. The van der Waals surface area contributed by atoms with E-state index in [1.807, 2.05) is 0 Å². The summed E-state index contributed by atoms with van der Waals surface area (Å²) in [6.45, 7) is 6.45. The van der Waals surface area contributed by atoms with E-state index in [-0.39, 0.29) is 37.1 Å². The molecule has 0 aliphatic heterocycles. The molecule has 0 bridgehead atoms. The van der Waals surface area contributed by atoms with E-state index in [0.717, 1.165) is 32.4 Å². The van der Waals surface area contributed by atoms with E-state index in [1.54, 1.807) is 0 Å². The van der Waals surface area contributed by atoms with Gasteiger partial charge in [-0.05, 0) is 66.7 Å². The molecule has 0 aromatic heterocycles. The Morgan fingerprint density at radius 1 is 0.442 bits per heavy atom. The zero-order valence-electron chi connectivity index (χ0n) is 31.0. The second-order valence-electron chi connectivity index (χ2n) is 13.3. The number of nitrogens with zero attached hydrogens (tertiary/aromatic N) is 2. The van der Waals surface area contributed by atoms with Gasteiger partial charge in [-0.3, -0.25) is 4.90 Å².